The zero-order valence-corrected chi connectivity index (χ0v) is 15.8. The van der Waals surface area contributed by atoms with E-state index in [-0.39, 0.29) is 47.1 Å². The second-order valence-electron chi connectivity index (χ2n) is 5.52. The fourth-order valence-electron chi connectivity index (χ4n) is 2.52. The third kappa shape index (κ3) is 4.20. The number of benzene rings is 2. The lowest BCUT2D eigenvalue weighted by Gasteiger charge is -2.12. The van der Waals surface area contributed by atoms with Gasteiger partial charge in [0.05, 0.1) is 17.2 Å². The molecule has 0 unspecified atom stereocenters. The fourth-order valence-corrected chi connectivity index (χ4v) is 2.99. The molecule has 0 aromatic heterocycles. The highest BCUT2D eigenvalue weighted by atomic mass is 35.5. The standard InChI is InChI=1S/C18H16Cl2N2O5/c1-25-16-12(20)4-3-11(19)15(16)18(24)22-7-6-21-17(23)10-2-5-13-14(8-10)27-9-26-13/h2-5,8H,6-7,9H2,1H3,(H,21,23)(H,22,24). The lowest BCUT2D eigenvalue weighted by molar-refractivity contribution is 0.0926. The first-order valence-electron chi connectivity index (χ1n) is 7.99. The maximum absolute atomic E-state index is 12.4. The number of rotatable bonds is 6. The molecule has 2 amide bonds. The summed E-state index contributed by atoms with van der Waals surface area (Å²) in [6.07, 6.45) is 0. The van der Waals surface area contributed by atoms with Crippen molar-refractivity contribution in [2.24, 2.45) is 0 Å². The monoisotopic (exact) mass is 410 g/mol. The molecule has 2 N–H and O–H groups in total. The number of carbonyl (C=O) groups excluding carboxylic acids is 2. The minimum atomic E-state index is -0.448. The predicted molar refractivity (Wildman–Crippen MR) is 100 cm³/mol. The molecule has 1 heterocycles. The largest absolute Gasteiger partial charge is 0.494 e. The molecule has 0 atom stereocenters. The molecule has 9 heteroatoms. The van der Waals surface area contributed by atoms with Crippen LogP contribution in [0.1, 0.15) is 20.7 Å². The summed E-state index contributed by atoms with van der Waals surface area (Å²) in [7, 11) is 1.40. The fraction of sp³-hybridized carbons (Fsp3) is 0.222. The second kappa shape index (κ2) is 8.37. The van der Waals surface area contributed by atoms with Crippen molar-refractivity contribution >= 4 is 35.0 Å². The summed E-state index contributed by atoms with van der Waals surface area (Å²) in [4.78, 5) is 24.5. The molecule has 1 aliphatic rings. The molecule has 0 saturated heterocycles. The summed E-state index contributed by atoms with van der Waals surface area (Å²) in [5, 5.41) is 5.88. The Labute approximate surface area is 165 Å². The van der Waals surface area contributed by atoms with E-state index in [2.05, 4.69) is 10.6 Å². The zero-order chi connectivity index (χ0) is 19.4. The molecule has 0 spiro atoms. The van der Waals surface area contributed by atoms with Crippen LogP contribution in [-0.4, -0.2) is 38.8 Å². The van der Waals surface area contributed by atoms with Crippen LogP contribution < -0.4 is 24.8 Å². The first kappa shape index (κ1) is 19.1. The normalized spacial score (nSPS) is 11.8. The van der Waals surface area contributed by atoms with Crippen molar-refractivity contribution in [3.05, 3.63) is 51.5 Å². The van der Waals surface area contributed by atoms with E-state index in [1.165, 1.54) is 13.2 Å². The van der Waals surface area contributed by atoms with E-state index in [0.29, 0.717) is 17.1 Å². The number of hydrogen-bond donors (Lipinski definition) is 2. The lowest BCUT2D eigenvalue weighted by Crippen LogP contribution is -2.35. The molecule has 2 aromatic carbocycles. The van der Waals surface area contributed by atoms with Gasteiger partial charge in [-0.3, -0.25) is 9.59 Å². The van der Waals surface area contributed by atoms with Gasteiger partial charge in [0.2, 0.25) is 6.79 Å². The summed E-state index contributed by atoms with van der Waals surface area (Å²) < 4.78 is 15.6. The number of fused-ring (bicyclic) bond motifs is 1. The maximum atomic E-state index is 12.4. The van der Waals surface area contributed by atoms with Gasteiger partial charge in [0.1, 0.15) is 5.56 Å². The smallest absolute Gasteiger partial charge is 0.256 e. The third-order valence-corrected chi connectivity index (χ3v) is 4.43. The van der Waals surface area contributed by atoms with Crippen molar-refractivity contribution in [3.63, 3.8) is 0 Å². The highest BCUT2D eigenvalue weighted by Crippen LogP contribution is 2.34. The molecule has 0 aliphatic carbocycles. The van der Waals surface area contributed by atoms with Crippen LogP contribution in [-0.2, 0) is 0 Å². The first-order chi connectivity index (χ1) is 13.0. The van der Waals surface area contributed by atoms with Gasteiger partial charge in [-0.1, -0.05) is 23.2 Å². The van der Waals surface area contributed by atoms with Crippen molar-refractivity contribution in [1.82, 2.24) is 10.6 Å². The van der Waals surface area contributed by atoms with Crippen LogP contribution in [0.25, 0.3) is 0 Å². The van der Waals surface area contributed by atoms with Gasteiger partial charge in [0.25, 0.3) is 11.8 Å². The van der Waals surface area contributed by atoms with Gasteiger partial charge in [-0.25, -0.2) is 0 Å². The summed E-state index contributed by atoms with van der Waals surface area (Å²) >= 11 is 12.1. The van der Waals surface area contributed by atoms with Crippen LogP contribution in [0.3, 0.4) is 0 Å². The molecule has 0 bridgehead atoms. The van der Waals surface area contributed by atoms with Crippen molar-refractivity contribution in [1.29, 1.82) is 0 Å². The van der Waals surface area contributed by atoms with Crippen LogP contribution in [0, 0.1) is 0 Å². The Morgan fingerprint density at radius 2 is 1.67 bits per heavy atom. The van der Waals surface area contributed by atoms with E-state index in [0.717, 1.165) is 0 Å². The number of halogens is 2. The van der Waals surface area contributed by atoms with Crippen LogP contribution in [0.15, 0.2) is 30.3 Å². The Morgan fingerprint density at radius 1 is 1.00 bits per heavy atom. The van der Waals surface area contributed by atoms with Gasteiger partial charge < -0.3 is 24.8 Å². The molecule has 1 aliphatic heterocycles. The predicted octanol–water partition coefficient (Wildman–Crippen LogP) is 2.89. The highest BCUT2D eigenvalue weighted by Gasteiger charge is 2.19. The average Bonchev–Trinajstić information content (AvgIpc) is 3.14. The van der Waals surface area contributed by atoms with Crippen LogP contribution in [0.2, 0.25) is 10.0 Å². The van der Waals surface area contributed by atoms with Gasteiger partial charge in [0.15, 0.2) is 17.2 Å². The van der Waals surface area contributed by atoms with Gasteiger partial charge >= 0.3 is 0 Å². The number of ether oxygens (including phenoxy) is 3. The Balaban J connectivity index is 1.54. The Kier molecular flexibility index (Phi) is 5.93. The molecule has 27 heavy (non-hydrogen) atoms. The van der Waals surface area contributed by atoms with Gasteiger partial charge in [-0.2, -0.15) is 0 Å². The van der Waals surface area contributed by atoms with Crippen molar-refractivity contribution in [2.45, 2.75) is 0 Å². The van der Waals surface area contributed by atoms with Crippen LogP contribution >= 0.6 is 23.2 Å². The molecule has 0 saturated carbocycles. The quantitative estimate of drug-likeness (QED) is 0.715. The molecule has 7 nitrogen and oxygen atoms in total. The molecule has 0 radical (unpaired) electrons. The number of amides is 2. The van der Waals surface area contributed by atoms with E-state index in [1.54, 1.807) is 24.3 Å². The number of hydrogen-bond acceptors (Lipinski definition) is 5. The van der Waals surface area contributed by atoms with E-state index < -0.39 is 5.91 Å². The van der Waals surface area contributed by atoms with Crippen molar-refractivity contribution in [3.8, 4) is 17.2 Å². The second-order valence-corrected chi connectivity index (χ2v) is 6.33. The number of methoxy groups -OCH3 is 1. The zero-order valence-electron chi connectivity index (χ0n) is 14.3. The van der Waals surface area contributed by atoms with Gasteiger partial charge in [0, 0.05) is 18.7 Å². The molecule has 142 valence electrons. The molecule has 2 aromatic rings. The van der Waals surface area contributed by atoms with E-state index in [9.17, 15) is 9.59 Å². The first-order valence-corrected chi connectivity index (χ1v) is 8.75. The summed E-state index contributed by atoms with van der Waals surface area (Å²) in [6.45, 7) is 0.558. The molecule has 3 rings (SSSR count). The van der Waals surface area contributed by atoms with E-state index in [1.807, 2.05) is 0 Å². The van der Waals surface area contributed by atoms with Crippen LogP contribution in [0.4, 0.5) is 0 Å². The maximum Gasteiger partial charge on any atom is 0.256 e. The number of carbonyl (C=O) groups is 2. The SMILES string of the molecule is COc1c(Cl)ccc(Cl)c1C(=O)NCCNC(=O)c1ccc2c(c1)OCO2. The highest BCUT2D eigenvalue weighted by molar-refractivity contribution is 6.37. The average molecular weight is 411 g/mol. The topological polar surface area (TPSA) is 85.9 Å². The van der Waals surface area contributed by atoms with Crippen molar-refractivity contribution in [2.75, 3.05) is 27.0 Å². The Bertz CT molecular complexity index is 888. The molecule has 0 fully saturated rings. The number of nitrogens with one attached hydrogen (secondary N) is 2. The van der Waals surface area contributed by atoms with E-state index >= 15 is 0 Å². The van der Waals surface area contributed by atoms with Crippen LogP contribution in [0.5, 0.6) is 17.2 Å². The Morgan fingerprint density at radius 3 is 2.41 bits per heavy atom. The minimum absolute atomic E-state index is 0.141. The lowest BCUT2D eigenvalue weighted by atomic mass is 10.2. The van der Waals surface area contributed by atoms with E-state index in [4.69, 9.17) is 37.4 Å². The summed E-state index contributed by atoms with van der Waals surface area (Å²) in [5.41, 5.74) is 0.582. The van der Waals surface area contributed by atoms with Crippen molar-refractivity contribution < 1.29 is 23.8 Å². The summed E-state index contributed by atoms with van der Waals surface area (Å²) in [5.74, 6) is 0.591. The van der Waals surface area contributed by atoms with Gasteiger partial charge in [-0.15, -0.1) is 0 Å². The molecular weight excluding hydrogens is 395 g/mol. The minimum Gasteiger partial charge on any atom is -0.494 e. The Hall–Kier alpha value is -2.64. The summed E-state index contributed by atoms with van der Waals surface area (Å²) in [6, 6.07) is 7.98. The third-order valence-electron chi connectivity index (χ3n) is 3.82. The molecular formula is C18H16Cl2N2O5. The van der Waals surface area contributed by atoms with Gasteiger partial charge in [-0.05, 0) is 30.3 Å².